The molecule has 1 aliphatic heterocycles. The van der Waals surface area contributed by atoms with E-state index < -0.39 is 11.8 Å². The van der Waals surface area contributed by atoms with Gasteiger partial charge in [-0.25, -0.2) is 4.79 Å². The lowest BCUT2D eigenvalue weighted by Crippen LogP contribution is -2.45. The standard InChI is InChI=1S/C10H10O4/c1-13-10(9(11)12)6-7-4-2-3-5-8(7)14-10/h2-5H,6H2,1H3,(H,11,12). The molecule has 1 unspecified atom stereocenters. The van der Waals surface area contributed by atoms with Gasteiger partial charge in [0.25, 0.3) is 0 Å². The molecular formula is C10H10O4. The molecule has 0 aromatic heterocycles. The molecule has 1 aromatic rings. The zero-order chi connectivity index (χ0) is 10.2. The van der Waals surface area contributed by atoms with E-state index in [2.05, 4.69) is 0 Å². The minimum atomic E-state index is -1.54. The maximum atomic E-state index is 11.0. The number of ether oxygens (including phenoxy) is 2. The van der Waals surface area contributed by atoms with Crippen LogP contribution in [0.1, 0.15) is 5.56 Å². The van der Waals surface area contributed by atoms with Crippen molar-refractivity contribution >= 4 is 5.97 Å². The van der Waals surface area contributed by atoms with E-state index in [-0.39, 0.29) is 6.42 Å². The van der Waals surface area contributed by atoms with E-state index >= 15 is 0 Å². The molecule has 14 heavy (non-hydrogen) atoms. The number of benzene rings is 1. The summed E-state index contributed by atoms with van der Waals surface area (Å²) in [5.74, 6) is -2.06. The third kappa shape index (κ3) is 1.15. The van der Waals surface area contributed by atoms with Crippen molar-refractivity contribution in [1.82, 2.24) is 0 Å². The maximum Gasteiger partial charge on any atom is 0.377 e. The number of carboxylic acids is 1. The Kier molecular flexibility index (Phi) is 1.93. The molecule has 2 rings (SSSR count). The molecule has 0 saturated carbocycles. The molecule has 4 heteroatoms. The van der Waals surface area contributed by atoms with Crippen LogP contribution in [0.4, 0.5) is 0 Å². The summed E-state index contributed by atoms with van der Waals surface area (Å²) in [6.45, 7) is 0. The molecule has 4 nitrogen and oxygen atoms in total. The molecule has 74 valence electrons. The molecule has 0 radical (unpaired) electrons. The molecule has 1 aromatic carbocycles. The van der Waals surface area contributed by atoms with Gasteiger partial charge in [0.1, 0.15) is 5.75 Å². The Hall–Kier alpha value is -1.55. The molecule has 0 spiro atoms. The lowest BCUT2D eigenvalue weighted by atomic mass is 10.1. The first-order valence-corrected chi connectivity index (χ1v) is 4.23. The Morgan fingerprint density at radius 3 is 2.86 bits per heavy atom. The molecule has 1 atom stereocenters. The van der Waals surface area contributed by atoms with Crippen LogP contribution < -0.4 is 4.74 Å². The van der Waals surface area contributed by atoms with Crippen molar-refractivity contribution < 1.29 is 19.4 Å². The Morgan fingerprint density at radius 2 is 2.29 bits per heavy atom. The average molecular weight is 194 g/mol. The third-order valence-corrected chi connectivity index (χ3v) is 2.33. The number of hydrogen-bond donors (Lipinski definition) is 1. The molecule has 1 aliphatic rings. The predicted octanol–water partition coefficient (Wildman–Crippen LogP) is 1.05. The van der Waals surface area contributed by atoms with Crippen molar-refractivity contribution in [1.29, 1.82) is 0 Å². The lowest BCUT2D eigenvalue weighted by molar-refractivity contribution is -0.197. The molecule has 1 heterocycles. The largest absolute Gasteiger partial charge is 0.476 e. The van der Waals surface area contributed by atoms with Gasteiger partial charge in [-0.1, -0.05) is 18.2 Å². The molecule has 0 bridgehead atoms. The zero-order valence-corrected chi connectivity index (χ0v) is 7.69. The number of methoxy groups -OCH3 is 1. The summed E-state index contributed by atoms with van der Waals surface area (Å²) in [5.41, 5.74) is 0.858. The Balaban J connectivity index is 2.37. The number of carbonyl (C=O) groups is 1. The van der Waals surface area contributed by atoms with Gasteiger partial charge < -0.3 is 14.6 Å². The van der Waals surface area contributed by atoms with E-state index in [1.54, 1.807) is 12.1 Å². The Labute approximate surface area is 81.1 Å². The van der Waals surface area contributed by atoms with Gasteiger partial charge >= 0.3 is 11.8 Å². The van der Waals surface area contributed by atoms with Crippen LogP contribution in [0.5, 0.6) is 5.75 Å². The highest BCUT2D eigenvalue weighted by atomic mass is 16.7. The molecule has 0 saturated heterocycles. The fraction of sp³-hybridized carbons (Fsp3) is 0.300. The highest BCUT2D eigenvalue weighted by Crippen LogP contribution is 2.35. The van der Waals surface area contributed by atoms with Crippen LogP contribution in [0, 0.1) is 0 Å². The second-order valence-electron chi connectivity index (χ2n) is 3.15. The van der Waals surface area contributed by atoms with Gasteiger partial charge in [-0.05, 0) is 6.07 Å². The number of fused-ring (bicyclic) bond motifs is 1. The second-order valence-corrected chi connectivity index (χ2v) is 3.15. The Bertz CT molecular complexity index is 347. The number of rotatable bonds is 2. The SMILES string of the molecule is COC1(C(=O)O)Cc2ccccc2O1. The molecule has 0 aliphatic carbocycles. The second kappa shape index (κ2) is 2.99. The van der Waals surface area contributed by atoms with Crippen molar-refractivity contribution in [2.45, 2.75) is 12.2 Å². The Morgan fingerprint density at radius 1 is 1.57 bits per heavy atom. The van der Waals surface area contributed by atoms with Crippen LogP contribution in [0.15, 0.2) is 24.3 Å². The maximum absolute atomic E-state index is 11.0. The fourth-order valence-corrected chi connectivity index (χ4v) is 1.53. The number of hydrogen-bond acceptors (Lipinski definition) is 3. The van der Waals surface area contributed by atoms with Gasteiger partial charge in [0, 0.05) is 12.7 Å². The van der Waals surface area contributed by atoms with Gasteiger partial charge in [-0.3, -0.25) is 0 Å². The monoisotopic (exact) mass is 194 g/mol. The van der Waals surface area contributed by atoms with Crippen molar-refractivity contribution in [3.8, 4) is 5.75 Å². The smallest absolute Gasteiger partial charge is 0.377 e. The van der Waals surface area contributed by atoms with Gasteiger partial charge in [-0.2, -0.15) is 0 Å². The third-order valence-electron chi connectivity index (χ3n) is 2.33. The van der Waals surface area contributed by atoms with Crippen LogP contribution >= 0.6 is 0 Å². The minimum absolute atomic E-state index is 0.245. The van der Waals surface area contributed by atoms with Gasteiger partial charge in [0.2, 0.25) is 0 Å². The lowest BCUT2D eigenvalue weighted by Gasteiger charge is -2.21. The van der Waals surface area contributed by atoms with E-state index in [0.29, 0.717) is 5.75 Å². The topological polar surface area (TPSA) is 55.8 Å². The van der Waals surface area contributed by atoms with Crippen LogP contribution in [0.25, 0.3) is 0 Å². The van der Waals surface area contributed by atoms with Crippen LogP contribution in [-0.2, 0) is 16.0 Å². The summed E-state index contributed by atoms with van der Waals surface area (Å²) in [6.07, 6.45) is 0.245. The van der Waals surface area contributed by atoms with Crippen LogP contribution in [-0.4, -0.2) is 24.0 Å². The number of carboxylic acid groups (broad SMARTS) is 1. The number of aliphatic carboxylic acids is 1. The van der Waals surface area contributed by atoms with Crippen molar-refractivity contribution in [3.63, 3.8) is 0 Å². The molecular weight excluding hydrogens is 184 g/mol. The van der Waals surface area contributed by atoms with Crippen LogP contribution in [0.3, 0.4) is 0 Å². The summed E-state index contributed by atoms with van der Waals surface area (Å²) < 4.78 is 10.2. The molecule has 1 N–H and O–H groups in total. The van der Waals surface area contributed by atoms with Crippen molar-refractivity contribution in [3.05, 3.63) is 29.8 Å². The molecule has 0 amide bonds. The fourth-order valence-electron chi connectivity index (χ4n) is 1.53. The highest BCUT2D eigenvalue weighted by Gasteiger charge is 2.47. The zero-order valence-electron chi connectivity index (χ0n) is 7.69. The first-order chi connectivity index (χ1) is 6.68. The van der Waals surface area contributed by atoms with E-state index in [0.717, 1.165) is 5.56 Å². The van der Waals surface area contributed by atoms with E-state index in [4.69, 9.17) is 14.6 Å². The van der Waals surface area contributed by atoms with Gasteiger partial charge in [0.15, 0.2) is 0 Å². The van der Waals surface area contributed by atoms with E-state index in [1.807, 2.05) is 12.1 Å². The summed E-state index contributed by atoms with van der Waals surface area (Å²) in [4.78, 5) is 11.0. The van der Waals surface area contributed by atoms with Crippen molar-refractivity contribution in [2.24, 2.45) is 0 Å². The first kappa shape index (κ1) is 9.02. The summed E-state index contributed by atoms with van der Waals surface area (Å²) in [5, 5.41) is 8.99. The average Bonchev–Trinajstić information content (AvgIpc) is 2.57. The highest BCUT2D eigenvalue weighted by molar-refractivity contribution is 5.78. The van der Waals surface area contributed by atoms with Gasteiger partial charge in [-0.15, -0.1) is 0 Å². The van der Waals surface area contributed by atoms with Crippen molar-refractivity contribution in [2.75, 3.05) is 7.11 Å². The van der Waals surface area contributed by atoms with Gasteiger partial charge in [0.05, 0.1) is 6.42 Å². The summed E-state index contributed by atoms with van der Waals surface area (Å²) in [7, 11) is 1.33. The van der Waals surface area contributed by atoms with Crippen LogP contribution in [0.2, 0.25) is 0 Å². The quantitative estimate of drug-likeness (QED) is 0.764. The summed E-state index contributed by atoms with van der Waals surface area (Å²) in [6, 6.07) is 7.21. The molecule has 0 fully saturated rings. The first-order valence-electron chi connectivity index (χ1n) is 4.23. The minimum Gasteiger partial charge on any atom is -0.476 e. The van der Waals surface area contributed by atoms with E-state index in [1.165, 1.54) is 7.11 Å². The van der Waals surface area contributed by atoms with E-state index in [9.17, 15) is 4.79 Å². The number of para-hydroxylation sites is 1. The summed E-state index contributed by atoms with van der Waals surface area (Å²) >= 11 is 0. The predicted molar refractivity (Wildman–Crippen MR) is 48.1 cm³/mol. The normalized spacial score (nSPS) is 24.1.